The number of hydrogen-bond acceptors (Lipinski definition) is 2. The van der Waals surface area contributed by atoms with Gasteiger partial charge in [-0.15, -0.1) is 0 Å². The fourth-order valence-electron chi connectivity index (χ4n) is 3.09. The summed E-state index contributed by atoms with van der Waals surface area (Å²) in [6.07, 6.45) is 2.22. The Hall–Kier alpha value is -0.930. The molecule has 0 aliphatic carbocycles. The monoisotopic (exact) mass is 264 g/mol. The molecule has 1 aliphatic heterocycles. The molecule has 2 nitrogen and oxygen atoms in total. The van der Waals surface area contributed by atoms with Gasteiger partial charge in [0.15, 0.2) is 0 Å². The topological polar surface area (TPSA) is 15.3 Å². The zero-order chi connectivity index (χ0) is 13.8. The van der Waals surface area contributed by atoms with Gasteiger partial charge in [0, 0.05) is 18.6 Å². The third-order valence-electron chi connectivity index (χ3n) is 4.67. The van der Waals surface area contributed by atoms with Crippen molar-refractivity contribution < 1.29 is 4.39 Å². The van der Waals surface area contributed by atoms with Gasteiger partial charge < -0.3 is 5.32 Å². The quantitative estimate of drug-likeness (QED) is 0.899. The molecule has 0 aromatic heterocycles. The largest absolute Gasteiger partial charge is 0.317 e. The van der Waals surface area contributed by atoms with Crippen LogP contribution in [0.25, 0.3) is 0 Å². The van der Waals surface area contributed by atoms with E-state index < -0.39 is 0 Å². The molecule has 3 heteroatoms. The number of likely N-dealkylation sites (tertiary alicyclic amines) is 1. The summed E-state index contributed by atoms with van der Waals surface area (Å²) in [5.74, 6) is 0.521. The van der Waals surface area contributed by atoms with E-state index in [9.17, 15) is 4.39 Å². The predicted molar refractivity (Wildman–Crippen MR) is 77.8 cm³/mol. The highest BCUT2D eigenvalue weighted by molar-refractivity contribution is 5.16. The summed E-state index contributed by atoms with van der Waals surface area (Å²) in [6.45, 7) is 6.86. The van der Waals surface area contributed by atoms with Gasteiger partial charge in [0.2, 0.25) is 0 Å². The second kappa shape index (κ2) is 6.49. The molecule has 3 atom stereocenters. The van der Waals surface area contributed by atoms with Crippen LogP contribution < -0.4 is 5.32 Å². The third-order valence-corrected chi connectivity index (χ3v) is 4.67. The van der Waals surface area contributed by atoms with E-state index >= 15 is 0 Å². The lowest BCUT2D eigenvalue weighted by atomic mass is 9.87. The van der Waals surface area contributed by atoms with Crippen LogP contribution in [0.3, 0.4) is 0 Å². The van der Waals surface area contributed by atoms with Crippen molar-refractivity contribution in [1.82, 2.24) is 10.2 Å². The number of nitrogens with zero attached hydrogens (tertiary/aromatic N) is 1. The molecule has 0 amide bonds. The first-order valence-electron chi connectivity index (χ1n) is 7.27. The Bertz CT molecular complexity index is 390. The van der Waals surface area contributed by atoms with Crippen LogP contribution in [0, 0.1) is 11.7 Å². The molecule has 1 fully saturated rings. The summed E-state index contributed by atoms with van der Waals surface area (Å²) in [6, 6.07) is 8.13. The Morgan fingerprint density at radius 3 is 2.58 bits per heavy atom. The summed E-state index contributed by atoms with van der Waals surface area (Å²) in [5, 5.41) is 3.42. The van der Waals surface area contributed by atoms with Gasteiger partial charge in [0.1, 0.15) is 5.82 Å². The van der Waals surface area contributed by atoms with Gasteiger partial charge in [-0.1, -0.05) is 19.1 Å². The summed E-state index contributed by atoms with van der Waals surface area (Å²) < 4.78 is 12.9. The van der Waals surface area contributed by atoms with Crippen molar-refractivity contribution >= 4 is 0 Å². The van der Waals surface area contributed by atoms with Gasteiger partial charge in [0.05, 0.1) is 0 Å². The van der Waals surface area contributed by atoms with Crippen LogP contribution >= 0.6 is 0 Å². The number of benzene rings is 1. The average molecular weight is 264 g/mol. The molecule has 0 radical (unpaired) electrons. The van der Waals surface area contributed by atoms with E-state index in [1.54, 1.807) is 12.1 Å². The van der Waals surface area contributed by atoms with Crippen molar-refractivity contribution in [2.24, 2.45) is 5.92 Å². The Morgan fingerprint density at radius 2 is 1.95 bits per heavy atom. The molecule has 1 aromatic rings. The molecule has 19 heavy (non-hydrogen) atoms. The zero-order valence-electron chi connectivity index (χ0n) is 12.2. The van der Waals surface area contributed by atoms with E-state index in [0.717, 1.165) is 19.5 Å². The van der Waals surface area contributed by atoms with Crippen molar-refractivity contribution in [3.05, 3.63) is 35.6 Å². The molecule has 1 heterocycles. The smallest absolute Gasteiger partial charge is 0.123 e. The molecule has 1 N–H and O–H groups in total. The Labute approximate surface area is 116 Å². The van der Waals surface area contributed by atoms with Gasteiger partial charge >= 0.3 is 0 Å². The Balaban J connectivity index is 1.88. The van der Waals surface area contributed by atoms with E-state index in [1.165, 1.54) is 12.0 Å². The van der Waals surface area contributed by atoms with Gasteiger partial charge in [-0.05, 0) is 57.0 Å². The predicted octanol–water partition coefficient (Wildman–Crippen LogP) is 2.69. The molecular weight excluding hydrogens is 239 g/mol. The number of rotatable bonds is 4. The number of piperidine rings is 1. The SMILES string of the molecule is CNC1CCN(CCc2ccc(F)cc2)C(C)C1C. The highest BCUT2D eigenvalue weighted by Gasteiger charge is 2.30. The highest BCUT2D eigenvalue weighted by Crippen LogP contribution is 2.23. The van der Waals surface area contributed by atoms with Crippen LogP contribution in [0.1, 0.15) is 25.8 Å². The molecular formula is C16H25FN2. The summed E-state index contributed by atoms with van der Waals surface area (Å²) in [7, 11) is 2.06. The highest BCUT2D eigenvalue weighted by atomic mass is 19.1. The van der Waals surface area contributed by atoms with Crippen molar-refractivity contribution in [3.8, 4) is 0 Å². The van der Waals surface area contributed by atoms with Crippen LogP contribution in [-0.4, -0.2) is 37.1 Å². The standard InChI is InChI=1S/C16H25FN2/c1-12-13(2)19(11-9-16(12)18-3)10-8-14-4-6-15(17)7-5-14/h4-7,12-13,16,18H,8-11H2,1-3H3. The van der Waals surface area contributed by atoms with E-state index in [1.807, 2.05) is 12.1 Å². The molecule has 3 unspecified atom stereocenters. The molecule has 0 bridgehead atoms. The van der Waals surface area contributed by atoms with E-state index in [0.29, 0.717) is 18.0 Å². The van der Waals surface area contributed by atoms with Crippen molar-refractivity contribution in [1.29, 1.82) is 0 Å². The fraction of sp³-hybridized carbons (Fsp3) is 0.625. The van der Waals surface area contributed by atoms with Crippen molar-refractivity contribution in [3.63, 3.8) is 0 Å². The second-order valence-corrected chi connectivity index (χ2v) is 5.70. The minimum Gasteiger partial charge on any atom is -0.317 e. The maximum atomic E-state index is 12.9. The summed E-state index contributed by atoms with van der Waals surface area (Å²) in [5.41, 5.74) is 1.22. The van der Waals surface area contributed by atoms with Gasteiger partial charge in [-0.3, -0.25) is 4.90 Å². The van der Waals surface area contributed by atoms with Crippen LogP contribution in [0.4, 0.5) is 4.39 Å². The average Bonchev–Trinajstić information content (AvgIpc) is 2.42. The first kappa shape index (κ1) is 14.5. The maximum absolute atomic E-state index is 12.9. The molecule has 0 spiro atoms. The molecule has 1 saturated heterocycles. The van der Waals surface area contributed by atoms with Crippen molar-refractivity contribution in [2.45, 2.75) is 38.8 Å². The summed E-state index contributed by atoms with van der Waals surface area (Å²) in [4.78, 5) is 2.56. The summed E-state index contributed by atoms with van der Waals surface area (Å²) >= 11 is 0. The van der Waals surface area contributed by atoms with Gasteiger partial charge in [0.25, 0.3) is 0 Å². The normalized spacial score (nSPS) is 28.5. The van der Waals surface area contributed by atoms with Gasteiger partial charge in [-0.2, -0.15) is 0 Å². The van der Waals surface area contributed by atoms with Crippen LogP contribution in [0.2, 0.25) is 0 Å². The second-order valence-electron chi connectivity index (χ2n) is 5.70. The lowest BCUT2D eigenvalue weighted by molar-refractivity contribution is 0.0889. The van der Waals surface area contributed by atoms with Crippen LogP contribution in [-0.2, 0) is 6.42 Å². The lowest BCUT2D eigenvalue weighted by Gasteiger charge is -2.42. The Morgan fingerprint density at radius 1 is 1.26 bits per heavy atom. The van der Waals surface area contributed by atoms with Crippen LogP contribution in [0.15, 0.2) is 24.3 Å². The van der Waals surface area contributed by atoms with E-state index in [-0.39, 0.29) is 5.82 Å². The minimum absolute atomic E-state index is 0.152. The molecule has 106 valence electrons. The maximum Gasteiger partial charge on any atom is 0.123 e. The lowest BCUT2D eigenvalue weighted by Crippen LogP contribution is -2.53. The molecule has 2 rings (SSSR count). The number of nitrogens with one attached hydrogen (secondary N) is 1. The first-order valence-corrected chi connectivity index (χ1v) is 7.27. The van der Waals surface area contributed by atoms with E-state index in [4.69, 9.17) is 0 Å². The molecule has 1 aliphatic rings. The third kappa shape index (κ3) is 3.54. The van der Waals surface area contributed by atoms with Crippen molar-refractivity contribution in [2.75, 3.05) is 20.1 Å². The Kier molecular flexibility index (Phi) is 4.94. The number of halogens is 1. The molecule has 0 saturated carbocycles. The first-order chi connectivity index (χ1) is 9.11. The minimum atomic E-state index is -0.152. The van der Waals surface area contributed by atoms with Gasteiger partial charge in [-0.25, -0.2) is 4.39 Å². The zero-order valence-corrected chi connectivity index (χ0v) is 12.2. The van der Waals surface area contributed by atoms with Crippen LogP contribution in [0.5, 0.6) is 0 Å². The molecule has 1 aromatic carbocycles. The fourth-order valence-corrected chi connectivity index (χ4v) is 3.09. The number of hydrogen-bond donors (Lipinski definition) is 1. The van der Waals surface area contributed by atoms with E-state index in [2.05, 4.69) is 31.1 Å².